The molecule has 1 atom stereocenters. The van der Waals surface area contributed by atoms with Gasteiger partial charge in [0.1, 0.15) is 0 Å². The molecule has 5 N–H and O–H groups in total. The zero-order chi connectivity index (χ0) is 10.2. The van der Waals surface area contributed by atoms with Crippen LogP contribution in [0.3, 0.4) is 0 Å². The van der Waals surface area contributed by atoms with E-state index in [0.29, 0.717) is 6.54 Å². The molecule has 1 unspecified atom stereocenters. The molecule has 0 aromatic carbocycles. The maximum absolute atomic E-state index is 5.65. The van der Waals surface area contributed by atoms with Crippen LogP contribution in [0.2, 0.25) is 0 Å². The van der Waals surface area contributed by atoms with Gasteiger partial charge in [-0.2, -0.15) is 0 Å². The average molecular weight is 194 g/mol. The van der Waals surface area contributed by atoms with E-state index < -0.39 is 0 Å². The maximum Gasteiger partial charge on any atom is 0.0416 e. The van der Waals surface area contributed by atoms with Gasteiger partial charge in [0, 0.05) is 44.0 Å². The first-order valence-electron chi connectivity index (χ1n) is 4.89. The van der Waals surface area contributed by atoms with Gasteiger partial charge in [0.25, 0.3) is 0 Å². The van der Waals surface area contributed by atoms with Gasteiger partial charge in [-0.3, -0.25) is 4.98 Å². The minimum absolute atomic E-state index is 0.0544. The van der Waals surface area contributed by atoms with Crippen LogP contribution in [-0.4, -0.2) is 30.7 Å². The molecule has 14 heavy (non-hydrogen) atoms. The molecular weight excluding hydrogens is 176 g/mol. The summed E-state index contributed by atoms with van der Waals surface area (Å²) in [5.74, 6) is 0. The van der Waals surface area contributed by atoms with E-state index in [1.54, 1.807) is 6.20 Å². The van der Waals surface area contributed by atoms with E-state index in [2.05, 4.69) is 10.3 Å². The molecule has 0 saturated heterocycles. The molecule has 4 nitrogen and oxygen atoms in total. The zero-order valence-electron chi connectivity index (χ0n) is 8.32. The average Bonchev–Trinajstić information content (AvgIpc) is 2.25. The number of nitrogens with two attached hydrogens (primary N) is 2. The Bertz CT molecular complexity index is 237. The first kappa shape index (κ1) is 11.1. The van der Waals surface area contributed by atoms with Gasteiger partial charge in [0.2, 0.25) is 0 Å². The third kappa shape index (κ3) is 4.32. The monoisotopic (exact) mass is 194 g/mol. The van der Waals surface area contributed by atoms with E-state index in [4.69, 9.17) is 11.5 Å². The molecule has 0 aliphatic heterocycles. The van der Waals surface area contributed by atoms with Crippen LogP contribution in [0.5, 0.6) is 0 Å². The lowest BCUT2D eigenvalue weighted by Gasteiger charge is -2.09. The van der Waals surface area contributed by atoms with Gasteiger partial charge in [0.15, 0.2) is 0 Å². The normalized spacial score (nSPS) is 12.7. The molecule has 1 aromatic heterocycles. The van der Waals surface area contributed by atoms with E-state index in [0.717, 1.165) is 25.2 Å². The van der Waals surface area contributed by atoms with Crippen molar-refractivity contribution in [1.29, 1.82) is 0 Å². The Morgan fingerprint density at radius 2 is 2.29 bits per heavy atom. The van der Waals surface area contributed by atoms with Crippen molar-refractivity contribution < 1.29 is 0 Å². The maximum atomic E-state index is 5.65. The van der Waals surface area contributed by atoms with Crippen LogP contribution in [0.15, 0.2) is 24.4 Å². The Kier molecular flexibility index (Phi) is 5.14. The summed E-state index contributed by atoms with van der Waals surface area (Å²) >= 11 is 0. The van der Waals surface area contributed by atoms with Crippen molar-refractivity contribution >= 4 is 0 Å². The van der Waals surface area contributed by atoms with Crippen LogP contribution in [0, 0.1) is 0 Å². The molecule has 0 bridgehead atoms. The fourth-order valence-electron chi connectivity index (χ4n) is 1.13. The van der Waals surface area contributed by atoms with Crippen molar-refractivity contribution in [2.75, 3.05) is 19.6 Å². The number of hydrogen-bond acceptors (Lipinski definition) is 4. The van der Waals surface area contributed by atoms with Gasteiger partial charge in [-0.15, -0.1) is 0 Å². The van der Waals surface area contributed by atoms with Crippen molar-refractivity contribution in [3.63, 3.8) is 0 Å². The summed E-state index contributed by atoms with van der Waals surface area (Å²) in [6.45, 7) is 2.19. The minimum Gasteiger partial charge on any atom is -0.329 e. The predicted octanol–water partition coefficient (Wildman–Crippen LogP) is -0.500. The molecule has 4 heteroatoms. The molecule has 0 aliphatic carbocycles. The Labute approximate surface area is 84.7 Å². The fourth-order valence-corrected chi connectivity index (χ4v) is 1.13. The van der Waals surface area contributed by atoms with E-state index >= 15 is 0 Å². The third-order valence-corrected chi connectivity index (χ3v) is 1.99. The van der Waals surface area contributed by atoms with Gasteiger partial charge < -0.3 is 16.8 Å². The molecule has 1 heterocycles. The van der Waals surface area contributed by atoms with Crippen LogP contribution in [0.25, 0.3) is 0 Å². The third-order valence-electron chi connectivity index (χ3n) is 1.99. The SMILES string of the molecule is NCC(N)CNCCc1ccccn1. The molecule has 0 spiro atoms. The summed E-state index contributed by atoms with van der Waals surface area (Å²) in [4.78, 5) is 4.22. The van der Waals surface area contributed by atoms with Crippen molar-refractivity contribution in [2.24, 2.45) is 11.5 Å². The summed E-state index contributed by atoms with van der Waals surface area (Å²) in [6.07, 6.45) is 2.74. The lowest BCUT2D eigenvalue weighted by atomic mass is 10.2. The fraction of sp³-hybridized carbons (Fsp3) is 0.500. The quantitative estimate of drug-likeness (QED) is 0.534. The molecule has 1 rings (SSSR count). The largest absolute Gasteiger partial charge is 0.329 e. The second-order valence-electron chi connectivity index (χ2n) is 3.27. The van der Waals surface area contributed by atoms with E-state index in [1.165, 1.54) is 0 Å². The highest BCUT2D eigenvalue weighted by Crippen LogP contribution is 1.92. The second-order valence-corrected chi connectivity index (χ2v) is 3.27. The minimum atomic E-state index is 0.0544. The van der Waals surface area contributed by atoms with Crippen LogP contribution in [-0.2, 0) is 6.42 Å². The molecule has 0 aliphatic rings. The van der Waals surface area contributed by atoms with Crippen molar-refractivity contribution in [3.8, 4) is 0 Å². The van der Waals surface area contributed by atoms with Gasteiger partial charge in [-0.1, -0.05) is 6.07 Å². The standard InChI is InChI=1S/C10H18N4/c11-7-9(12)8-13-6-4-10-3-1-2-5-14-10/h1-3,5,9,13H,4,6-8,11-12H2. The molecule has 0 fully saturated rings. The molecule has 78 valence electrons. The Morgan fingerprint density at radius 1 is 1.43 bits per heavy atom. The zero-order valence-corrected chi connectivity index (χ0v) is 8.32. The molecule has 0 saturated carbocycles. The Balaban J connectivity index is 2.10. The smallest absolute Gasteiger partial charge is 0.0416 e. The summed E-state index contributed by atoms with van der Waals surface area (Å²) in [6, 6.07) is 5.98. The molecule has 1 aromatic rings. The number of nitrogens with one attached hydrogen (secondary N) is 1. The summed E-state index contributed by atoms with van der Waals surface area (Å²) in [5.41, 5.74) is 12.1. The number of aromatic nitrogens is 1. The van der Waals surface area contributed by atoms with Gasteiger partial charge in [-0.25, -0.2) is 0 Å². The van der Waals surface area contributed by atoms with Gasteiger partial charge in [-0.05, 0) is 12.1 Å². The molecular formula is C10H18N4. The van der Waals surface area contributed by atoms with E-state index in [1.807, 2.05) is 18.2 Å². The summed E-state index contributed by atoms with van der Waals surface area (Å²) in [7, 11) is 0. The number of hydrogen-bond donors (Lipinski definition) is 3. The first-order chi connectivity index (χ1) is 6.83. The lowest BCUT2D eigenvalue weighted by molar-refractivity contribution is 0.581. The highest BCUT2D eigenvalue weighted by atomic mass is 14.9. The van der Waals surface area contributed by atoms with Gasteiger partial charge in [0.05, 0.1) is 0 Å². The first-order valence-corrected chi connectivity index (χ1v) is 4.89. The highest BCUT2D eigenvalue weighted by Gasteiger charge is 1.97. The topological polar surface area (TPSA) is 77.0 Å². The van der Waals surface area contributed by atoms with Crippen molar-refractivity contribution in [2.45, 2.75) is 12.5 Å². The molecule has 0 amide bonds. The lowest BCUT2D eigenvalue weighted by Crippen LogP contribution is -2.40. The predicted molar refractivity (Wildman–Crippen MR) is 57.8 cm³/mol. The summed E-state index contributed by atoms with van der Waals surface area (Å²) in [5, 5.41) is 3.24. The van der Waals surface area contributed by atoms with Crippen LogP contribution in [0.4, 0.5) is 0 Å². The van der Waals surface area contributed by atoms with Crippen LogP contribution < -0.4 is 16.8 Å². The summed E-state index contributed by atoms with van der Waals surface area (Å²) < 4.78 is 0. The highest BCUT2D eigenvalue weighted by molar-refractivity contribution is 5.03. The number of pyridine rings is 1. The Hall–Kier alpha value is -0.970. The van der Waals surface area contributed by atoms with E-state index in [9.17, 15) is 0 Å². The van der Waals surface area contributed by atoms with Crippen LogP contribution >= 0.6 is 0 Å². The van der Waals surface area contributed by atoms with Crippen LogP contribution in [0.1, 0.15) is 5.69 Å². The number of nitrogens with zero attached hydrogens (tertiary/aromatic N) is 1. The Morgan fingerprint density at radius 3 is 2.93 bits per heavy atom. The van der Waals surface area contributed by atoms with Gasteiger partial charge >= 0.3 is 0 Å². The van der Waals surface area contributed by atoms with Crippen molar-refractivity contribution in [3.05, 3.63) is 30.1 Å². The van der Waals surface area contributed by atoms with E-state index in [-0.39, 0.29) is 6.04 Å². The number of rotatable bonds is 6. The molecule has 0 radical (unpaired) electrons. The van der Waals surface area contributed by atoms with Crippen molar-refractivity contribution in [1.82, 2.24) is 10.3 Å². The second kappa shape index (κ2) is 6.48.